The molecule has 2 aromatic carbocycles. The monoisotopic (exact) mass is 301 g/mol. The fourth-order valence-electron chi connectivity index (χ4n) is 1.77. The minimum atomic E-state index is -0.661. The average Bonchev–Trinajstić information content (AvgIpc) is 2.98. The molecule has 1 N–H and O–H groups in total. The third-order valence-electron chi connectivity index (χ3n) is 2.79. The van der Waals surface area contributed by atoms with Crippen molar-refractivity contribution in [3.05, 3.63) is 66.1 Å². The van der Waals surface area contributed by atoms with Crippen molar-refractivity contribution in [2.75, 3.05) is 5.32 Å². The summed E-state index contributed by atoms with van der Waals surface area (Å²) in [7, 11) is 0. The second kappa shape index (κ2) is 5.72. The first-order valence-corrected chi connectivity index (χ1v) is 6.28. The fraction of sp³-hybridized carbons (Fsp3) is 0. The largest absolute Gasteiger partial charge is 0.412 e. The standard InChI is InChI=1S/C15H9F2N3O2/c16-10-6-4-9(5-7-10)14-19-20-15(22-14)13(21)18-12-3-1-2-11(17)8-12/h1-8H,(H,18,21). The number of hydrogen-bond acceptors (Lipinski definition) is 4. The summed E-state index contributed by atoms with van der Waals surface area (Å²) in [6, 6.07) is 10.8. The Morgan fingerprint density at radius 3 is 2.50 bits per heavy atom. The van der Waals surface area contributed by atoms with Gasteiger partial charge in [-0.3, -0.25) is 4.79 Å². The molecule has 0 bridgehead atoms. The number of carbonyl (C=O) groups is 1. The predicted molar refractivity (Wildman–Crippen MR) is 74.0 cm³/mol. The Morgan fingerprint density at radius 1 is 1.00 bits per heavy atom. The van der Waals surface area contributed by atoms with E-state index in [2.05, 4.69) is 15.5 Å². The van der Waals surface area contributed by atoms with Gasteiger partial charge in [0.1, 0.15) is 11.6 Å². The van der Waals surface area contributed by atoms with Gasteiger partial charge in [0.15, 0.2) is 0 Å². The van der Waals surface area contributed by atoms with Crippen LogP contribution in [-0.4, -0.2) is 16.1 Å². The van der Waals surface area contributed by atoms with Crippen molar-refractivity contribution in [3.63, 3.8) is 0 Å². The van der Waals surface area contributed by atoms with E-state index < -0.39 is 17.5 Å². The summed E-state index contributed by atoms with van der Waals surface area (Å²) in [5, 5.41) is 9.78. The zero-order valence-corrected chi connectivity index (χ0v) is 11.1. The highest BCUT2D eigenvalue weighted by atomic mass is 19.1. The van der Waals surface area contributed by atoms with Gasteiger partial charge >= 0.3 is 11.8 Å². The fourth-order valence-corrected chi connectivity index (χ4v) is 1.77. The summed E-state index contributed by atoms with van der Waals surface area (Å²) in [5.74, 6) is -1.72. The summed E-state index contributed by atoms with van der Waals surface area (Å²) in [4.78, 5) is 11.9. The lowest BCUT2D eigenvalue weighted by atomic mass is 10.2. The highest BCUT2D eigenvalue weighted by Gasteiger charge is 2.16. The molecule has 0 spiro atoms. The molecule has 0 aliphatic heterocycles. The van der Waals surface area contributed by atoms with Crippen LogP contribution in [0.25, 0.3) is 11.5 Å². The lowest BCUT2D eigenvalue weighted by Crippen LogP contribution is -2.12. The van der Waals surface area contributed by atoms with Crippen LogP contribution in [0.3, 0.4) is 0 Å². The molecule has 22 heavy (non-hydrogen) atoms. The van der Waals surface area contributed by atoms with E-state index in [-0.39, 0.29) is 17.5 Å². The molecule has 0 saturated heterocycles. The number of hydrogen-bond donors (Lipinski definition) is 1. The Morgan fingerprint density at radius 2 is 1.77 bits per heavy atom. The van der Waals surface area contributed by atoms with Crippen molar-refractivity contribution in [1.82, 2.24) is 10.2 Å². The van der Waals surface area contributed by atoms with E-state index in [0.29, 0.717) is 5.56 Å². The van der Waals surface area contributed by atoms with Crippen molar-refractivity contribution >= 4 is 11.6 Å². The van der Waals surface area contributed by atoms with Gasteiger partial charge in [-0.05, 0) is 42.5 Å². The number of rotatable bonds is 3. The van der Waals surface area contributed by atoms with Gasteiger partial charge in [0.2, 0.25) is 5.89 Å². The van der Waals surface area contributed by atoms with Gasteiger partial charge in [-0.15, -0.1) is 10.2 Å². The smallest absolute Gasteiger partial charge is 0.313 e. The second-order valence-corrected chi connectivity index (χ2v) is 4.38. The van der Waals surface area contributed by atoms with Crippen LogP contribution in [0, 0.1) is 11.6 Å². The first-order valence-electron chi connectivity index (χ1n) is 6.28. The Kier molecular flexibility index (Phi) is 3.61. The van der Waals surface area contributed by atoms with E-state index >= 15 is 0 Å². The number of anilines is 1. The summed E-state index contributed by atoms with van der Waals surface area (Å²) < 4.78 is 31.1. The molecule has 3 rings (SSSR count). The van der Waals surface area contributed by atoms with Crippen LogP contribution >= 0.6 is 0 Å². The molecule has 1 heterocycles. The Labute approximate surface area is 123 Å². The van der Waals surface area contributed by atoms with Crippen molar-refractivity contribution in [2.45, 2.75) is 0 Å². The SMILES string of the molecule is O=C(Nc1cccc(F)c1)c1nnc(-c2ccc(F)cc2)o1. The van der Waals surface area contributed by atoms with Crippen LogP contribution in [0.2, 0.25) is 0 Å². The van der Waals surface area contributed by atoms with Crippen molar-refractivity contribution < 1.29 is 18.0 Å². The third kappa shape index (κ3) is 2.98. The maximum atomic E-state index is 13.0. The summed E-state index contributed by atoms with van der Waals surface area (Å²) in [5.41, 5.74) is 0.755. The Bertz CT molecular complexity index is 816. The van der Waals surface area contributed by atoms with Crippen molar-refractivity contribution in [1.29, 1.82) is 0 Å². The molecule has 0 atom stereocenters. The molecule has 1 amide bonds. The minimum absolute atomic E-state index is 0.0874. The van der Waals surface area contributed by atoms with Gasteiger partial charge in [0, 0.05) is 11.3 Å². The maximum Gasteiger partial charge on any atom is 0.313 e. The van der Waals surface area contributed by atoms with Gasteiger partial charge in [0.05, 0.1) is 0 Å². The van der Waals surface area contributed by atoms with E-state index in [9.17, 15) is 13.6 Å². The number of aromatic nitrogens is 2. The maximum absolute atomic E-state index is 13.0. The van der Waals surface area contributed by atoms with Crippen LogP contribution < -0.4 is 5.32 Å². The summed E-state index contributed by atoms with van der Waals surface area (Å²) in [6.07, 6.45) is 0. The van der Waals surface area contributed by atoms with Gasteiger partial charge in [0.25, 0.3) is 0 Å². The zero-order chi connectivity index (χ0) is 15.5. The first-order chi connectivity index (χ1) is 10.6. The van der Waals surface area contributed by atoms with Gasteiger partial charge < -0.3 is 9.73 Å². The van der Waals surface area contributed by atoms with E-state index in [0.717, 1.165) is 6.07 Å². The Hall–Kier alpha value is -3.09. The molecule has 110 valence electrons. The van der Waals surface area contributed by atoms with Gasteiger partial charge in [-0.1, -0.05) is 6.07 Å². The predicted octanol–water partition coefficient (Wildman–Crippen LogP) is 3.27. The lowest BCUT2D eigenvalue weighted by Gasteiger charge is -2.01. The molecule has 0 saturated carbocycles. The molecule has 5 nitrogen and oxygen atoms in total. The van der Waals surface area contributed by atoms with Crippen LogP contribution in [0.15, 0.2) is 52.9 Å². The number of carbonyl (C=O) groups excluding carboxylic acids is 1. The molecule has 7 heteroatoms. The van der Waals surface area contributed by atoms with Crippen LogP contribution in [0.1, 0.15) is 10.7 Å². The van der Waals surface area contributed by atoms with E-state index in [1.165, 1.54) is 42.5 Å². The molecule has 0 radical (unpaired) electrons. The Balaban J connectivity index is 1.78. The quantitative estimate of drug-likeness (QED) is 0.806. The number of amides is 1. The molecule has 0 aliphatic rings. The summed E-state index contributed by atoms with van der Waals surface area (Å²) in [6.45, 7) is 0. The number of nitrogens with one attached hydrogen (secondary N) is 1. The van der Waals surface area contributed by atoms with Crippen LogP contribution in [0.5, 0.6) is 0 Å². The topological polar surface area (TPSA) is 68.0 Å². The van der Waals surface area contributed by atoms with Gasteiger partial charge in [-0.25, -0.2) is 8.78 Å². The molecular weight excluding hydrogens is 292 g/mol. The first kappa shape index (κ1) is 13.9. The second-order valence-electron chi connectivity index (χ2n) is 4.38. The zero-order valence-electron chi connectivity index (χ0n) is 11.1. The van der Waals surface area contributed by atoms with Gasteiger partial charge in [-0.2, -0.15) is 0 Å². The molecule has 1 aromatic heterocycles. The normalized spacial score (nSPS) is 10.5. The summed E-state index contributed by atoms with van der Waals surface area (Å²) >= 11 is 0. The molecule has 0 aliphatic carbocycles. The number of nitrogens with zero attached hydrogens (tertiary/aromatic N) is 2. The highest BCUT2D eigenvalue weighted by molar-refractivity contribution is 6.00. The third-order valence-corrected chi connectivity index (χ3v) is 2.79. The molecule has 0 fully saturated rings. The highest BCUT2D eigenvalue weighted by Crippen LogP contribution is 2.18. The molecular formula is C15H9F2N3O2. The minimum Gasteiger partial charge on any atom is -0.412 e. The van der Waals surface area contributed by atoms with E-state index in [1.807, 2.05) is 0 Å². The number of halogens is 2. The van der Waals surface area contributed by atoms with Crippen molar-refractivity contribution in [3.8, 4) is 11.5 Å². The average molecular weight is 301 g/mol. The van der Waals surface area contributed by atoms with Crippen LogP contribution in [-0.2, 0) is 0 Å². The molecule has 0 unspecified atom stereocenters. The van der Waals surface area contributed by atoms with E-state index in [4.69, 9.17) is 4.42 Å². The van der Waals surface area contributed by atoms with Crippen LogP contribution in [0.4, 0.5) is 14.5 Å². The lowest BCUT2D eigenvalue weighted by molar-refractivity contribution is 0.0991. The van der Waals surface area contributed by atoms with E-state index in [1.54, 1.807) is 0 Å². The molecule has 3 aromatic rings. The van der Waals surface area contributed by atoms with Crippen molar-refractivity contribution in [2.24, 2.45) is 0 Å². The number of benzene rings is 2.